The molecule has 124 valence electrons. The van der Waals surface area contributed by atoms with Gasteiger partial charge in [0.1, 0.15) is 6.04 Å². The number of hydrogen-bond acceptors (Lipinski definition) is 2. The van der Waals surface area contributed by atoms with Gasteiger partial charge >= 0.3 is 0 Å². The van der Waals surface area contributed by atoms with E-state index in [0.29, 0.717) is 17.8 Å². The van der Waals surface area contributed by atoms with Gasteiger partial charge in [-0.15, -0.1) is 0 Å². The van der Waals surface area contributed by atoms with E-state index in [1.807, 2.05) is 42.5 Å². The van der Waals surface area contributed by atoms with Gasteiger partial charge in [0, 0.05) is 10.1 Å². The van der Waals surface area contributed by atoms with Crippen LogP contribution in [0.1, 0.15) is 41.7 Å². The minimum atomic E-state index is -0.602. The molecule has 5 heteroatoms. The molecule has 1 aliphatic rings. The number of anilines is 1. The molecule has 0 radical (unpaired) electrons. The van der Waals surface area contributed by atoms with Crippen molar-refractivity contribution in [1.29, 1.82) is 0 Å². The van der Waals surface area contributed by atoms with Crippen LogP contribution in [-0.2, 0) is 4.79 Å². The molecule has 0 saturated carbocycles. The Morgan fingerprint density at radius 1 is 1.12 bits per heavy atom. The first kappa shape index (κ1) is 17.0. The summed E-state index contributed by atoms with van der Waals surface area (Å²) < 4.78 is 0.975. The largest absolute Gasteiger partial charge is 0.323 e. The summed E-state index contributed by atoms with van der Waals surface area (Å²) in [5.41, 5.74) is 1.98. The summed E-state index contributed by atoms with van der Waals surface area (Å²) in [4.78, 5) is 27.7. The van der Waals surface area contributed by atoms with Crippen LogP contribution in [0.15, 0.2) is 48.5 Å². The summed E-state index contributed by atoms with van der Waals surface area (Å²) in [6, 6.07) is 14.4. The maximum absolute atomic E-state index is 13.2. The van der Waals surface area contributed by atoms with E-state index in [4.69, 9.17) is 0 Å². The predicted octanol–water partition coefficient (Wildman–Crippen LogP) is 4.23. The van der Waals surface area contributed by atoms with Crippen molar-refractivity contribution in [3.8, 4) is 0 Å². The lowest BCUT2D eigenvalue weighted by molar-refractivity contribution is -0.120. The van der Waals surface area contributed by atoms with Gasteiger partial charge in [0.25, 0.3) is 11.8 Å². The number of carbonyl (C=O) groups is 2. The summed E-state index contributed by atoms with van der Waals surface area (Å²) in [5, 5.41) is 2.93. The van der Waals surface area contributed by atoms with Crippen molar-refractivity contribution < 1.29 is 9.59 Å². The molecule has 0 fully saturated rings. The Morgan fingerprint density at radius 3 is 2.58 bits per heavy atom. The lowest BCUT2D eigenvalue weighted by Gasteiger charge is -2.29. The van der Waals surface area contributed by atoms with Crippen LogP contribution >= 0.6 is 22.6 Å². The van der Waals surface area contributed by atoms with Gasteiger partial charge in [-0.25, -0.2) is 0 Å². The second kappa shape index (κ2) is 7.34. The Labute approximate surface area is 155 Å². The van der Waals surface area contributed by atoms with Crippen LogP contribution in [-0.4, -0.2) is 23.3 Å². The highest BCUT2D eigenvalue weighted by atomic mass is 127. The van der Waals surface area contributed by atoms with E-state index in [2.05, 4.69) is 34.8 Å². The Morgan fingerprint density at radius 2 is 1.88 bits per heavy atom. The second-order valence-electron chi connectivity index (χ2n) is 5.84. The van der Waals surface area contributed by atoms with Crippen LogP contribution in [0, 0.1) is 3.57 Å². The smallest absolute Gasteiger partial charge is 0.256 e. The summed E-state index contributed by atoms with van der Waals surface area (Å²) in [5.74, 6) is -0.255. The molecule has 1 N–H and O–H groups in total. The first-order valence-electron chi connectivity index (χ1n) is 8.08. The molecule has 24 heavy (non-hydrogen) atoms. The normalized spacial score (nSPS) is 17.2. The van der Waals surface area contributed by atoms with E-state index in [1.54, 1.807) is 11.0 Å². The molecule has 2 aromatic rings. The molecule has 0 aromatic heterocycles. The number of benzene rings is 2. The zero-order chi connectivity index (χ0) is 17.1. The molecule has 0 saturated heterocycles. The van der Waals surface area contributed by atoms with Crippen molar-refractivity contribution in [2.45, 2.75) is 25.8 Å². The first-order chi connectivity index (χ1) is 11.6. The third-order valence-corrected chi connectivity index (χ3v) is 4.83. The summed E-state index contributed by atoms with van der Waals surface area (Å²) >= 11 is 2.18. The fraction of sp³-hybridized carbons (Fsp3) is 0.263. The summed E-state index contributed by atoms with van der Waals surface area (Å²) in [6.07, 6.45) is 1.83. The SMILES string of the molecule is CCCCN1C(=O)c2cc(I)ccc2NC(=O)[C@H]1c1ccccc1. The highest BCUT2D eigenvalue weighted by Crippen LogP contribution is 2.31. The fourth-order valence-electron chi connectivity index (χ4n) is 2.94. The minimum absolute atomic E-state index is 0.0934. The number of carbonyl (C=O) groups excluding carboxylic acids is 2. The molecule has 1 heterocycles. The molecule has 0 unspecified atom stereocenters. The first-order valence-corrected chi connectivity index (χ1v) is 9.16. The van der Waals surface area contributed by atoms with Gasteiger partial charge in [-0.1, -0.05) is 43.7 Å². The molecule has 2 amide bonds. The van der Waals surface area contributed by atoms with Crippen LogP contribution in [0.3, 0.4) is 0 Å². The monoisotopic (exact) mass is 434 g/mol. The molecule has 3 rings (SSSR count). The molecule has 4 nitrogen and oxygen atoms in total. The minimum Gasteiger partial charge on any atom is -0.323 e. The Bertz CT molecular complexity index is 761. The lowest BCUT2D eigenvalue weighted by Crippen LogP contribution is -2.39. The lowest BCUT2D eigenvalue weighted by atomic mass is 10.0. The predicted molar refractivity (Wildman–Crippen MR) is 103 cm³/mol. The molecule has 1 atom stereocenters. The second-order valence-corrected chi connectivity index (χ2v) is 7.09. The van der Waals surface area contributed by atoms with Crippen LogP contribution in [0.4, 0.5) is 5.69 Å². The van der Waals surface area contributed by atoms with Crippen LogP contribution in [0.5, 0.6) is 0 Å². The van der Waals surface area contributed by atoms with Crippen molar-refractivity contribution in [3.63, 3.8) is 0 Å². The maximum Gasteiger partial charge on any atom is 0.256 e. The van der Waals surface area contributed by atoms with Gasteiger partial charge < -0.3 is 10.2 Å². The van der Waals surface area contributed by atoms with E-state index < -0.39 is 6.04 Å². The number of nitrogens with zero attached hydrogens (tertiary/aromatic N) is 1. The number of nitrogens with one attached hydrogen (secondary N) is 1. The standard InChI is InChI=1S/C19H19IN2O2/c1-2-3-11-22-17(13-7-5-4-6-8-13)18(23)21-16-10-9-14(20)12-15(16)19(22)24/h4-10,12,17H,2-3,11H2,1H3,(H,21,23)/t17-/m1/s1. The van der Waals surface area contributed by atoms with Crippen LogP contribution in [0.25, 0.3) is 0 Å². The summed E-state index contributed by atoms with van der Waals surface area (Å²) in [7, 11) is 0. The Kier molecular flexibility index (Phi) is 5.18. The van der Waals surface area contributed by atoms with Crippen LogP contribution in [0.2, 0.25) is 0 Å². The average molecular weight is 434 g/mol. The third-order valence-electron chi connectivity index (χ3n) is 4.16. The summed E-state index contributed by atoms with van der Waals surface area (Å²) in [6.45, 7) is 2.64. The van der Waals surface area contributed by atoms with Crippen molar-refractivity contribution >= 4 is 40.1 Å². The van der Waals surface area contributed by atoms with E-state index in [0.717, 1.165) is 22.0 Å². The fourth-order valence-corrected chi connectivity index (χ4v) is 3.43. The maximum atomic E-state index is 13.2. The molecule has 0 aliphatic carbocycles. The van der Waals surface area contributed by atoms with Crippen molar-refractivity contribution in [3.05, 3.63) is 63.2 Å². The number of halogens is 1. The van der Waals surface area contributed by atoms with Gasteiger partial charge in [0.2, 0.25) is 0 Å². The Hall–Kier alpha value is -1.89. The van der Waals surface area contributed by atoms with Gasteiger partial charge in [0.05, 0.1) is 11.3 Å². The number of hydrogen-bond donors (Lipinski definition) is 1. The molecule has 0 spiro atoms. The third kappa shape index (κ3) is 3.31. The zero-order valence-electron chi connectivity index (χ0n) is 13.5. The quantitative estimate of drug-likeness (QED) is 0.733. The van der Waals surface area contributed by atoms with Gasteiger partial charge in [-0.05, 0) is 52.8 Å². The van der Waals surface area contributed by atoms with E-state index in [9.17, 15) is 9.59 Å². The average Bonchev–Trinajstić information content (AvgIpc) is 2.69. The van der Waals surface area contributed by atoms with E-state index >= 15 is 0 Å². The molecule has 0 bridgehead atoms. The number of unbranched alkanes of at least 4 members (excludes halogenated alkanes) is 1. The molecular formula is C19H19IN2O2. The van der Waals surface area contributed by atoms with Crippen molar-refractivity contribution in [1.82, 2.24) is 4.90 Å². The van der Waals surface area contributed by atoms with Crippen LogP contribution < -0.4 is 5.32 Å². The topological polar surface area (TPSA) is 49.4 Å². The van der Waals surface area contributed by atoms with Crippen molar-refractivity contribution in [2.24, 2.45) is 0 Å². The molecule has 1 aliphatic heterocycles. The number of amides is 2. The highest BCUT2D eigenvalue weighted by Gasteiger charge is 2.36. The highest BCUT2D eigenvalue weighted by molar-refractivity contribution is 14.1. The zero-order valence-corrected chi connectivity index (χ0v) is 15.6. The number of rotatable bonds is 4. The van der Waals surface area contributed by atoms with Crippen molar-refractivity contribution in [2.75, 3.05) is 11.9 Å². The van der Waals surface area contributed by atoms with E-state index in [1.165, 1.54) is 0 Å². The van der Waals surface area contributed by atoms with Gasteiger partial charge in [0.15, 0.2) is 0 Å². The van der Waals surface area contributed by atoms with Gasteiger partial charge in [-0.3, -0.25) is 9.59 Å². The van der Waals surface area contributed by atoms with Gasteiger partial charge in [-0.2, -0.15) is 0 Å². The van der Waals surface area contributed by atoms with E-state index in [-0.39, 0.29) is 11.8 Å². The molecule has 2 aromatic carbocycles. The molecular weight excluding hydrogens is 415 g/mol. The number of fused-ring (bicyclic) bond motifs is 1. The Balaban J connectivity index is 2.09.